The molecule has 1 heterocycles. The predicted molar refractivity (Wildman–Crippen MR) is 81.4 cm³/mol. The lowest BCUT2D eigenvalue weighted by atomic mass is 9.78. The van der Waals surface area contributed by atoms with Crippen molar-refractivity contribution in [3.05, 3.63) is 35.9 Å². The number of carbonyl (C=O) groups excluding carboxylic acids is 1. The van der Waals surface area contributed by atoms with Crippen LogP contribution in [0.3, 0.4) is 0 Å². The minimum absolute atomic E-state index is 0.0822. The van der Waals surface area contributed by atoms with Crippen LogP contribution in [0.4, 0.5) is 0 Å². The summed E-state index contributed by atoms with van der Waals surface area (Å²) in [6.07, 6.45) is 2.57. The molecule has 0 unspecified atom stereocenters. The van der Waals surface area contributed by atoms with Gasteiger partial charge in [0.2, 0.25) is 5.91 Å². The average Bonchev–Trinajstić information content (AvgIpc) is 2.48. The molecule has 0 atom stereocenters. The molecule has 4 heteroatoms. The van der Waals surface area contributed by atoms with Gasteiger partial charge in [-0.2, -0.15) is 0 Å². The van der Waals surface area contributed by atoms with Crippen molar-refractivity contribution in [3.8, 4) is 0 Å². The van der Waals surface area contributed by atoms with Gasteiger partial charge in [-0.3, -0.25) is 4.79 Å². The van der Waals surface area contributed by atoms with E-state index in [1.54, 1.807) is 0 Å². The van der Waals surface area contributed by atoms with Gasteiger partial charge in [0.15, 0.2) is 0 Å². The smallest absolute Gasteiger partial charge is 0.224 e. The van der Waals surface area contributed by atoms with Crippen LogP contribution in [0.5, 0.6) is 0 Å². The number of nitrogens with two attached hydrogens (primary N) is 1. The first-order valence-electron chi connectivity index (χ1n) is 7.33. The van der Waals surface area contributed by atoms with Crippen molar-refractivity contribution in [1.29, 1.82) is 0 Å². The van der Waals surface area contributed by atoms with E-state index in [0.717, 1.165) is 31.5 Å². The van der Waals surface area contributed by atoms with E-state index in [9.17, 15) is 4.79 Å². The Bertz CT molecular complexity index is 425. The molecule has 0 bridgehead atoms. The highest BCUT2D eigenvalue weighted by atomic mass is 16.1. The maximum atomic E-state index is 12.0. The predicted octanol–water partition coefficient (Wildman–Crippen LogP) is 1.02. The molecular weight excluding hydrogens is 250 g/mol. The molecule has 1 saturated heterocycles. The second-order valence-corrected chi connectivity index (χ2v) is 5.95. The Morgan fingerprint density at radius 2 is 1.95 bits per heavy atom. The van der Waals surface area contributed by atoms with Crippen LogP contribution in [0.2, 0.25) is 0 Å². The first-order valence-corrected chi connectivity index (χ1v) is 7.33. The van der Waals surface area contributed by atoms with Crippen LogP contribution in [-0.4, -0.2) is 44.0 Å². The molecule has 0 aliphatic carbocycles. The van der Waals surface area contributed by atoms with Crippen LogP contribution in [0.1, 0.15) is 18.4 Å². The molecule has 0 radical (unpaired) electrons. The molecule has 20 heavy (non-hydrogen) atoms. The Hall–Kier alpha value is -1.39. The normalized spacial score (nSPS) is 18.7. The fourth-order valence-corrected chi connectivity index (χ4v) is 2.68. The van der Waals surface area contributed by atoms with Gasteiger partial charge in [-0.15, -0.1) is 0 Å². The zero-order valence-electron chi connectivity index (χ0n) is 12.3. The Morgan fingerprint density at radius 3 is 2.55 bits per heavy atom. The number of amides is 1. The van der Waals surface area contributed by atoms with Gasteiger partial charge in [0, 0.05) is 12.0 Å². The maximum absolute atomic E-state index is 12.0. The summed E-state index contributed by atoms with van der Waals surface area (Å²) in [5.41, 5.74) is 7.09. The summed E-state index contributed by atoms with van der Waals surface area (Å²) in [5, 5.41) is 3.07. The fourth-order valence-electron chi connectivity index (χ4n) is 2.68. The van der Waals surface area contributed by atoms with Gasteiger partial charge in [0.1, 0.15) is 0 Å². The maximum Gasteiger partial charge on any atom is 0.224 e. The number of carbonyl (C=O) groups is 1. The molecule has 3 N–H and O–H groups in total. The van der Waals surface area contributed by atoms with Gasteiger partial charge >= 0.3 is 0 Å². The Labute approximate surface area is 121 Å². The van der Waals surface area contributed by atoms with Gasteiger partial charge in [-0.1, -0.05) is 30.3 Å². The van der Waals surface area contributed by atoms with Crippen LogP contribution < -0.4 is 11.1 Å². The summed E-state index contributed by atoms with van der Waals surface area (Å²) in [5.74, 6) is 0.0861. The summed E-state index contributed by atoms with van der Waals surface area (Å²) in [7, 11) is 2.13. The second kappa shape index (κ2) is 6.86. The highest BCUT2D eigenvalue weighted by molar-refractivity contribution is 5.78. The summed E-state index contributed by atoms with van der Waals surface area (Å²) in [6.45, 7) is 3.47. The molecule has 110 valence electrons. The molecule has 0 saturated carbocycles. The van der Waals surface area contributed by atoms with Gasteiger partial charge in [0.05, 0.1) is 6.42 Å². The van der Waals surface area contributed by atoms with Crippen molar-refractivity contribution in [2.24, 2.45) is 11.1 Å². The Balaban J connectivity index is 1.82. The number of rotatable bonds is 5. The SMILES string of the molecule is CN1CCC(CN)(CNC(=O)Cc2ccccc2)CC1. The third kappa shape index (κ3) is 4.05. The highest BCUT2D eigenvalue weighted by Gasteiger charge is 2.32. The molecule has 1 aromatic rings. The lowest BCUT2D eigenvalue weighted by Crippen LogP contribution is -2.49. The number of nitrogens with one attached hydrogen (secondary N) is 1. The molecule has 1 aliphatic heterocycles. The van der Waals surface area contributed by atoms with Crippen LogP contribution in [0.15, 0.2) is 30.3 Å². The summed E-state index contributed by atoms with van der Waals surface area (Å²) >= 11 is 0. The summed E-state index contributed by atoms with van der Waals surface area (Å²) in [4.78, 5) is 14.3. The largest absolute Gasteiger partial charge is 0.355 e. The fraction of sp³-hybridized carbons (Fsp3) is 0.562. The van der Waals surface area contributed by atoms with E-state index >= 15 is 0 Å². The first kappa shape index (κ1) is 15.0. The molecule has 1 aromatic carbocycles. The van der Waals surface area contributed by atoms with Crippen LogP contribution in [0, 0.1) is 5.41 Å². The van der Waals surface area contributed by atoms with Gasteiger partial charge in [-0.25, -0.2) is 0 Å². The Morgan fingerprint density at radius 1 is 1.30 bits per heavy atom. The third-order valence-electron chi connectivity index (χ3n) is 4.35. The van der Waals surface area contributed by atoms with Crippen LogP contribution >= 0.6 is 0 Å². The summed E-state index contributed by atoms with van der Waals surface area (Å²) in [6, 6.07) is 9.84. The van der Waals surface area contributed by atoms with E-state index in [1.807, 2.05) is 30.3 Å². The van der Waals surface area contributed by atoms with Crippen molar-refractivity contribution in [2.45, 2.75) is 19.3 Å². The zero-order chi connectivity index (χ0) is 14.4. The number of nitrogens with zero attached hydrogens (tertiary/aromatic N) is 1. The molecular formula is C16H25N3O. The minimum atomic E-state index is 0.0822. The highest BCUT2D eigenvalue weighted by Crippen LogP contribution is 2.29. The van der Waals surface area contributed by atoms with E-state index in [1.165, 1.54) is 0 Å². The molecule has 1 amide bonds. The van der Waals surface area contributed by atoms with E-state index in [0.29, 0.717) is 19.5 Å². The van der Waals surface area contributed by atoms with Crippen LogP contribution in [-0.2, 0) is 11.2 Å². The summed E-state index contributed by atoms with van der Waals surface area (Å²) < 4.78 is 0. The van der Waals surface area contributed by atoms with E-state index in [4.69, 9.17) is 5.73 Å². The molecule has 0 spiro atoms. The van der Waals surface area contributed by atoms with Crippen molar-refractivity contribution >= 4 is 5.91 Å². The van der Waals surface area contributed by atoms with Crippen LogP contribution in [0.25, 0.3) is 0 Å². The zero-order valence-corrected chi connectivity index (χ0v) is 12.3. The number of hydrogen-bond donors (Lipinski definition) is 2. The van der Waals surface area contributed by atoms with E-state index in [-0.39, 0.29) is 11.3 Å². The van der Waals surface area contributed by atoms with Crippen molar-refractivity contribution in [3.63, 3.8) is 0 Å². The minimum Gasteiger partial charge on any atom is -0.355 e. The van der Waals surface area contributed by atoms with Crippen molar-refractivity contribution in [2.75, 3.05) is 33.2 Å². The second-order valence-electron chi connectivity index (χ2n) is 5.95. The topological polar surface area (TPSA) is 58.4 Å². The molecule has 4 nitrogen and oxygen atoms in total. The molecule has 0 aromatic heterocycles. The number of likely N-dealkylation sites (tertiary alicyclic amines) is 1. The van der Waals surface area contributed by atoms with Crippen molar-refractivity contribution in [1.82, 2.24) is 10.2 Å². The molecule has 1 fully saturated rings. The van der Waals surface area contributed by atoms with Gasteiger partial charge < -0.3 is 16.0 Å². The number of piperidine rings is 1. The standard InChI is InChI=1S/C16H25N3O/c1-19-9-7-16(12-17,8-10-19)13-18-15(20)11-14-5-3-2-4-6-14/h2-6H,7-13,17H2,1H3,(H,18,20). The molecule has 1 aliphatic rings. The van der Waals surface area contributed by atoms with E-state index < -0.39 is 0 Å². The molecule has 2 rings (SSSR count). The quantitative estimate of drug-likeness (QED) is 0.843. The van der Waals surface area contributed by atoms with Gasteiger partial charge in [0.25, 0.3) is 0 Å². The Kier molecular flexibility index (Phi) is 5.15. The number of benzene rings is 1. The average molecular weight is 275 g/mol. The van der Waals surface area contributed by atoms with E-state index in [2.05, 4.69) is 17.3 Å². The lowest BCUT2D eigenvalue weighted by molar-refractivity contribution is -0.121. The third-order valence-corrected chi connectivity index (χ3v) is 4.35. The van der Waals surface area contributed by atoms with Crippen molar-refractivity contribution < 1.29 is 4.79 Å². The first-order chi connectivity index (χ1) is 9.63. The lowest BCUT2D eigenvalue weighted by Gasteiger charge is -2.40. The monoisotopic (exact) mass is 275 g/mol. The van der Waals surface area contributed by atoms with Gasteiger partial charge in [-0.05, 0) is 45.1 Å². The number of hydrogen-bond acceptors (Lipinski definition) is 3.